The average Bonchev–Trinajstić information content (AvgIpc) is 2.89. The van der Waals surface area contributed by atoms with Gasteiger partial charge in [0.1, 0.15) is 6.33 Å². The summed E-state index contributed by atoms with van der Waals surface area (Å²) in [6.07, 6.45) is 4.30. The molecule has 2 heterocycles. The van der Waals surface area contributed by atoms with E-state index in [4.69, 9.17) is 0 Å². The Labute approximate surface area is 107 Å². The monoisotopic (exact) mass is 242 g/mol. The van der Waals surface area contributed by atoms with E-state index in [1.165, 1.54) is 12.8 Å². The van der Waals surface area contributed by atoms with Crippen molar-refractivity contribution in [3.63, 3.8) is 0 Å². The molecule has 4 nitrogen and oxygen atoms in total. The van der Waals surface area contributed by atoms with Crippen molar-refractivity contribution in [2.45, 2.75) is 25.8 Å². The van der Waals surface area contributed by atoms with Crippen LogP contribution in [0, 0.1) is 5.92 Å². The quantitative estimate of drug-likeness (QED) is 0.879. The predicted molar refractivity (Wildman–Crippen MR) is 70.5 cm³/mol. The number of piperidine rings is 1. The molecule has 0 bridgehead atoms. The smallest absolute Gasteiger partial charge is 0.154 e. The van der Waals surface area contributed by atoms with Crippen molar-refractivity contribution in [3.05, 3.63) is 42.5 Å². The third-order valence-corrected chi connectivity index (χ3v) is 3.66. The lowest BCUT2D eigenvalue weighted by atomic mass is 9.92. The maximum absolute atomic E-state index is 4.32. The summed E-state index contributed by atoms with van der Waals surface area (Å²) in [5, 5.41) is 12.0. The topological polar surface area (TPSA) is 42.7 Å². The zero-order valence-electron chi connectivity index (χ0n) is 10.6. The van der Waals surface area contributed by atoms with Gasteiger partial charge in [-0.05, 0) is 37.4 Å². The molecule has 0 saturated carbocycles. The van der Waals surface area contributed by atoms with Crippen LogP contribution in [0.25, 0.3) is 5.69 Å². The first-order chi connectivity index (χ1) is 8.86. The summed E-state index contributed by atoms with van der Waals surface area (Å²) < 4.78 is 2.08. The second kappa shape index (κ2) is 4.90. The number of aromatic nitrogens is 3. The zero-order chi connectivity index (χ0) is 12.4. The summed E-state index contributed by atoms with van der Waals surface area (Å²) in [7, 11) is 0. The fourth-order valence-corrected chi connectivity index (χ4v) is 2.64. The van der Waals surface area contributed by atoms with E-state index in [0.29, 0.717) is 12.0 Å². The highest BCUT2D eigenvalue weighted by atomic mass is 15.3. The Kier molecular flexibility index (Phi) is 3.11. The first-order valence-corrected chi connectivity index (χ1v) is 6.55. The van der Waals surface area contributed by atoms with Gasteiger partial charge >= 0.3 is 0 Å². The maximum atomic E-state index is 4.32. The second-order valence-electron chi connectivity index (χ2n) is 4.95. The largest absolute Gasteiger partial charge is 0.307 e. The molecule has 4 heteroatoms. The standard InChI is InChI=1S/C14H18N4/c1-11-6-5-9-15-13(11)14-17-16-10-18(14)12-7-3-2-4-8-12/h2-4,7-8,10-11,13,15H,5-6,9H2,1H3. The molecule has 3 rings (SSSR count). The van der Waals surface area contributed by atoms with E-state index in [2.05, 4.69) is 39.1 Å². The normalized spacial score (nSPS) is 24.1. The van der Waals surface area contributed by atoms with Gasteiger partial charge in [-0.1, -0.05) is 25.1 Å². The minimum Gasteiger partial charge on any atom is -0.307 e. The fourth-order valence-electron chi connectivity index (χ4n) is 2.64. The Morgan fingerprint density at radius 1 is 1.28 bits per heavy atom. The van der Waals surface area contributed by atoms with Crippen LogP contribution in [0.15, 0.2) is 36.7 Å². The first kappa shape index (κ1) is 11.4. The van der Waals surface area contributed by atoms with Crippen molar-refractivity contribution in [3.8, 4) is 5.69 Å². The lowest BCUT2D eigenvalue weighted by Crippen LogP contribution is -2.34. The molecule has 1 aliphatic heterocycles. The molecule has 1 fully saturated rings. The van der Waals surface area contributed by atoms with Gasteiger partial charge < -0.3 is 5.32 Å². The predicted octanol–water partition coefficient (Wildman–Crippen LogP) is 2.33. The van der Waals surface area contributed by atoms with Gasteiger partial charge in [0, 0.05) is 5.69 Å². The van der Waals surface area contributed by atoms with Crippen molar-refractivity contribution >= 4 is 0 Å². The molecule has 1 aromatic carbocycles. The lowest BCUT2D eigenvalue weighted by Gasteiger charge is -2.29. The number of rotatable bonds is 2. The highest BCUT2D eigenvalue weighted by Crippen LogP contribution is 2.28. The minimum atomic E-state index is 0.307. The molecule has 0 spiro atoms. The molecule has 0 amide bonds. The van der Waals surface area contributed by atoms with Gasteiger partial charge in [0.25, 0.3) is 0 Å². The van der Waals surface area contributed by atoms with Crippen LogP contribution >= 0.6 is 0 Å². The minimum absolute atomic E-state index is 0.307. The molecule has 1 N–H and O–H groups in total. The summed E-state index contributed by atoms with van der Waals surface area (Å²) in [6.45, 7) is 3.34. The van der Waals surface area contributed by atoms with Crippen molar-refractivity contribution in [1.82, 2.24) is 20.1 Å². The van der Waals surface area contributed by atoms with Gasteiger partial charge in [-0.15, -0.1) is 10.2 Å². The number of para-hydroxylation sites is 1. The summed E-state index contributed by atoms with van der Waals surface area (Å²) >= 11 is 0. The maximum Gasteiger partial charge on any atom is 0.154 e. The van der Waals surface area contributed by atoms with Gasteiger partial charge in [0.2, 0.25) is 0 Å². The van der Waals surface area contributed by atoms with Gasteiger partial charge in [-0.2, -0.15) is 0 Å². The fraction of sp³-hybridized carbons (Fsp3) is 0.429. The zero-order valence-corrected chi connectivity index (χ0v) is 10.6. The molecule has 1 aromatic heterocycles. The molecule has 2 aromatic rings. The van der Waals surface area contributed by atoms with Crippen LogP contribution in [-0.2, 0) is 0 Å². The summed E-state index contributed by atoms with van der Waals surface area (Å²) in [5.74, 6) is 1.62. The SMILES string of the molecule is CC1CCCNC1c1nncn1-c1ccccc1. The Morgan fingerprint density at radius 2 is 2.11 bits per heavy atom. The highest BCUT2D eigenvalue weighted by Gasteiger charge is 2.26. The number of nitrogens with one attached hydrogen (secondary N) is 1. The summed E-state index contributed by atoms with van der Waals surface area (Å²) in [5.41, 5.74) is 1.12. The van der Waals surface area contributed by atoms with Crippen molar-refractivity contribution in [2.24, 2.45) is 5.92 Å². The van der Waals surface area contributed by atoms with Crippen LogP contribution in [0.4, 0.5) is 0 Å². The van der Waals surface area contributed by atoms with E-state index in [1.807, 2.05) is 18.2 Å². The van der Waals surface area contributed by atoms with Crippen molar-refractivity contribution in [2.75, 3.05) is 6.54 Å². The Hall–Kier alpha value is -1.68. The third kappa shape index (κ3) is 2.04. The Bertz CT molecular complexity index is 506. The van der Waals surface area contributed by atoms with Gasteiger partial charge in [0.05, 0.1) is 6.04 Å². The van der Waals surface area contributed by atoms with Gasteiger partial charge in [-0.3, -0.25) is 4.57 Å². The van der Waals surface area contributed by atoms with E-state index < -0.39 is 0 Å². The highest BCUT2D eigenvalue weighted by molar-refractivity contribution is 5.32. The molecular weight excluding hydrogens is 224 g/mol. The molecule has 0 radical (unpaired) electrons. The van der Waals surface area contributed by atoms with E-state index in [0.717, 1.165) is 18.1 Å². The number of nitrogens with zero attached hydrogens (tertiary/aromatic N) is 3. The molecule has 2 unspecified atom stereocenters. The molecule has 1 saturated heterocycles. The van der Waals surface area contributed by atoms with Gasteiger partial charge in [-0.25, -0.2) is 0 Å². The third-order valence-electron chi connectivity index (χ3n) is 3.66. The Balaban J connectivity index is 1.96. The average molecular weight is 242 g/mol. The van der Waals surface area contributed by atoms with Crippen LogP contribution in [0.1, 0.15) is 31.6 Å². The van der Waals surface area contributed by atoms with Crippen LogP contribution < -0.4 is 5.32 Å². The molecule has 0 aliphatic carbocycles. The summed E-state index contributed by atoms with van der Waals surface area (Å²) in [4.78, 5) is 0. The molecule has 1 aliphatic rings. The number of benzene rings is 1. The number of hydrogen-bond acceptors (Lipinski definition) is 3. The van der Waals surface area contributed by atoms with Crippen LogP contribution in [0.5, 0.6) is 0 Å². The van der Waals surface area contributed by atoms with E-state index in [9.17, 15) is 0 Å². The molecule has 2 atom stereocenters. The molecule has 94 valence electrons. The molecule has 18 heavy (non-hydrogen) atoms. The summed E-state index contributed by atoms with van der Waals surface area (Å²) in [6, 6.07) is 10.6. The lowest BCUT2D eigenvalue weighted by molar-refractivity contribution is 0.292. The van der Waals surface area contributed by atoms with E-state index >= 15 is 0 Å². The van der Waals surface area contributed by atoms with Crippen molar-refractivity contribution < 1.29 is 0 Å². The molecular formula is C14H18N4. The van der Waals surface area contributed by atoms with Crippen LogP contribution in [-0.4, -0.2) is 21.3 Å². The van der Waals surface area contributed by atoms with Crippen LogP contribution in [0.2, 0.25) is 0 Å². The van der Waals surface area contributed by atoms with Crippen LogP contribution in [0.3, 0.4) is 0 Å². The van der Waals surface area contributed by atoms with E-state index in [1.54, 1.807) is 6.33 Å². The Morgan fingerprint density at radius 3 is 2.89 bits per heavy atom. The first-order valence-electron chi connectivity index (χ1n) is 6.55. The van der Waals surface area contributed by atoms with Gasteiger partial charge in [0.15, 0.2) is 5.82 Å². The second-order valence-corrected chi connectivity index (χ2v) is 4.95. The van der Waals surface area contributed by atoms with E-state index in [-0.39, 0.29) is 0 Å². The van der Waals surface area contributed by atoms with Crippen molar-refractivity contribution in [1.29, 1.82) is 0 Å². The number of hydrogen-bond donors (Lipinski definition) is 1.